The van der Waals surface area contributed by atoms with Crippen molar-refractivity contribution in [1.29, 1.82) is 0 Å². The molecule has 0 aromatic heterocycles. The van der Waals surface area contributed by atoms with Crippen molar-refractivity contribution in [3.8, 4) is 5.75 Å². The fraction of sp³-hybridized carbons (Fsp3) is 0.278. The Morgan fingerprint density at radius 2 is 2.04 bits per heavy atom. The first-order valence-corrected chi connectivity index (χ1v) is 8.47. The molecule has 1 amide bonds. The number of carbonyl (C=O) groups is 1. The van der Waals surface area contributed by atoms with Gasteiger partial charge < -0.3 is 19.9 Å². The normalized spacial score (nSPS) is 23.4. The average Bonchev–Trinajstić information content (AvgIpc) is 3.32. The zero-order valence-corrected chi connectivity index (χ0v) is 14.7. The first kappa shape index (κ1) is 17.0. The maximum absolute atomic E-state index is 12.1. The summed E-state index contributed by atoms with van der Waals surface area (Å²) in [6.45, 7) is 0.0764. The van der Waals surface area contributed by atoms with Crippen molar-refractivity contribution >= 4 is 21.8 Å². The van der Waals surface area contributed by atoms with Crippen LogP contribution in [0.2, 0.25) is 0 Å². The van der Waals surface area contributed by atoms with Gasteiger partial charge in [-0.1, -0.05) is 46.3 Å². The molecule has 1 fully saturated rings. The van der Waals surface area contributed by atoms with E-state index in [0.29, 0.717) is 11.3 Å². The van der Waals surface area contributed by atoms with Crippen molar-refractivity contribution in [2.45, 2.75) is 16.7 Å². The van der Waals surface area contributed by atoms with E-state index in [0.717, 1.165) is 5.56 Å². The molecule has 24 heavy (non-hydrogen) atoms. The number of aliphatic hydroxyl groups excluding tert-OH is 1. The number of nitrogens with one attached hydrogen (secondary N) is 1. The number of carbonyl (C=O) groups excluding carboxylic acids is 1. The number of epoxide rings is 1. The molecule has 2 aromatic carbocycles. The summed E-state index contributed by atoms with van der Waals surface area (Å²) in [7, 11) is 1.58. The van der Waals surface area contributed by atoms with E-state index in [9.17, 15) is 9.90 Å². The Bertz CT molecular complexity index is 724. The monoisotopic (exact) mass is 391 g/mol. The fourth-order valence-corrected chi connectivity index (χ4v) is 3.54. The van der Waals surface area contributed by atoms with Crippen molar-refractivity contribution in [2.24, 2.45) is 0 Å². The van der Waals surface area contributed by atoms with Gasteiger partial charge in [0.1, 0.15) is 16.9 Å². The van der Waals surface area contributed by atoms with Crippen molar-refractivity contribution in [3.05, 3.63) is 65.7 Å². The van der Waals surface area contributed by atoms with Gasteiger partial charge in [0.15, 0.2) is 5.60 Å². The minimum atomic E-state index is -0.901. The molecule has 6 heteroatoms. The van der Waals surface area contributed by atoms with Gasteiger partial charge in [0.2, 0.25) is 0 Å². The summed E-state index contributed by atoms with van der Waals surface area (Å²) in [4.78, 5) is 12.1. The number of hydrogen-bond acceptors (Lipinski definition) is 4. The maximum Gasteiger partial charge on any atom is 0.251 e. The predicted molar refractivity (Wildman–Crippen MR) is 93.3 cm³/mol. The van der Waals surface area contributed by atoms with Gasteiger partial charge in [0.25, 0.3) is 5.91 Å². The standard InChI is InChI=1S/C18H18BrNO4/c1-23-14-9-5-8-13(10-14)18(17(19)24-18)15(21)11-20-16(22)12-6-3-2-4-7-12/h2-10,15,17,21H,11H2,1H3,(H,20,22). The lowest BCUT2D eigenvalue weighted by Gasteiger charge is -2.21. The van der Waals surface area contributed by atoms with E-state index in [2.05, 4.69) is 21.2 Å². The van der Waals surface area contributed by atoms with Crippen molar-refractivity contribution in [3.63, 3.8) is 0 Å². The highest BCUT2D eigenvalue weighted by molar-refractivity contribution is 9.09. The second kappa shape index (κ2) is 6.93. The summed E-state index contributed by atoms with van der Waals surface area (Å²) < 4.78 is 10.9. The number of aliphatic hydroxyl groups is 1. The van der Waals surface area contributed by atoms with Gasteiger partial charge in [-0.25, -0.2) is 0 Å². The molecule has 1 saturated heterocycles. The molecule has 5 nitrogen and oxygen atoms in total. The van der Waals surface area contributed by atoms with Crippen LogP contribution in [0.25, 0.3) is 0 Å². The smallest absolute Gasteiger partial charge is 0.251 e. The maximum atomic E-state index is 12.1. The van der Waals surface area contributed by atoms with E-state index in [1.54, 1.807) is 31.4 Å². The lowest BCUT2D eigenvalue weighted by Crippen LogP contribution is -2.40. The van der Waals surface area contributed by atoms with Crippen LogP contribution in [0, 0.1) is 0 Å². The van der Waals surface area contributed by atoms with E-state index < -0.39 is 11.7 Å². The topological polar surface area (TPSA) is 71.1 Å². The Morgan fingerprint density at radius 1 is 1.33 bits per heavy atom. The van der Waals surface area contributed by atoms with Crippen molar-refractivity contribution in [2.75, 3.05) is 13.7 Å². The van der Waals surface area contributed by atoms with E-state index in [1.807, 2.05) is 30.3 Å². The Hall–Kier alpha value is -1.89. The van der Waals surface area contributed by atoms with Crippen molar-refractivity contribution < 1.29 is 19.4 Å². The number of alkyl halides is 1. The molecule has 0 aliphatic carbocycles. The van der Waals surface area contributed by atoms with Gasteiger partial charge in [-0.15, -0.1) is 0 Å². The van der Waals surface area contributed by atoms with E-state index in [1.165, 1.54) is 0 Å². The van der Waals surface area contributed by atoms with E-state index in [-0.39, 0.29) is 17.5 Å². The molecule has 1 aliphatic heterocycles. The molecular weight excluding hydrogens is 374 g/mol. The molecule has 0 bridgehead atoms. The molecule has 3 unspecified atom stereocenters. The summed E-state index contributed by atoms with van der Waals surface area (Å²) in [6.07, 6.45) is -0.901. The highest BCUT2D eigenvalue weighted by Crippen LogP contribution is 2.52. The molecule has 1 aliphatic rings. The largest absolute Gasteiger partial charge is 0.497 e. The summed E-state index contributed by atoms with van der Waals surface area (Å²) in [5.74, 6) is 0.449. The first-order chi connectivity index (χ1) is 11.6. The molecule has 3 atom stereocenters. The summed E-state index contributed by atoms with van der Waals surface area (Å²) in [5, 5.41) is 13.0. The van der Waals surface area contributed by atoms with Crippen LogP contribution in [-0.4, -0.2) is 35.8 Å². The molecule has 1 heterocycles. The summed E-state index contributed by atoms with van der Waals surface area (Å²) in [6, 6.07) is 16.2. The van der Waals surface area contributed by atoms with Crippen LogP contribution in [-0.2, 0) is 10.3 Å². The van der Waals surface area contributed by atoms with Gasteiger partial charge >= 0.3 is 0 Å². The van der Waals surface area contributed by atoms with Crippen LogP contribution >= 0.6 is 15.9 Å². The third kappa shape index (κ3) is 3.17. The third-order valence-corrected chi connectivity index (χ3v) is 4.95. The van der Waals surface area contributed by atoms with Crippen LogP contribution in [0.3, 0.4) is 0 Å². The second-order valence-electron chi connectivity index (χ2n) is 5.55. The van der Waals surface area contributed by atoms with Gasteiger partial charge in [-0.05, 0) is 29.8 Å². The molecule has 3 rings (SSSR count). The lowest BCUT2D eigenvalue weighted by atomic mass is 9.93. The Morgan fingerprint density at radius 3 is 2.67 bits per heavy atom. The zero-order valence-electron chi connectivity index (χ0n) is 13.1. The minimum absolute atomic E-state index is 0.0764. The Labute approximate surface area is 148 Å². The SMILES string of the molecule is COc1cccc(C2(C(O)CNC(=O)c3ccccc3)OC2Br)c1. The van der Waals surface area contributed by atoms with Crippen LogP contribution < -0.4 is 10.1 Å². The molecule has 0 radical (unpaired) electrons. The average molecular weight is 392 g/mol. The van der Waals surface area contributed by atoms with E-state index >= 15 is 0 Å². The third-order valence-electron chi connectivity index (χ3n) is 4.09. The number of amides is 1. The Balaban J connectivity index is 1.71. The van der Waals surface area contributed by atoms with Crippen LogP contribution in [0.5, 0.6) is 5.75 Å². The number of rotatable bonds is 6. The molecule has 0 saturated carbocycles. The number of halogens is 1. The molecule has 126 valence electrons. The van der Waals surface area contributed by atoms with Crippen LogP contribution in [0.15, 0.2) is 54.6 Å². The number of methoxy groups -OCH3 is 1. The number of benzene rings is 2. The van der Waals surface area contributed by atoms with Gasteiger partial charge in [0.05, 0.1) is 7.11 Å². The van der Waals surface area contributed by atoms with E-state index in [4.69, 9.17) is 9.47 Å². The molecule has 2 N–H and O–H groups in total. The minimum Gasteiger partial charge on any atom is -0.497 e. The number of hydrogen-bond donors (Lipinski definition) is 2. The fourth-order valence-electron chi connectivity index (χ4n) is 2.66. The predicted octanol–water partition coefficient (Wildman–Crippen LogP) is 2.43. The highest BCUT2D eigenvalue weighted by Gasteiger charge is 2.61. The second-order valence-corrected chi connectivity index (χ2v) is 6.38. The molecule has 2 aromatic rings. The molecular formula is C18H18BrNO4. The highest BCUT2D eigenvalue weighted by atomic mass is 79.9. The van der Waals surface area contributed by atoms with Gasteiger partial charge in [-0.2, -0.15) is 0 Å². The van der Waals surface area contributed by atoms with Crippen LogP contribution in [0.4, 0.5) is 0 Å². The quantitative estimate of drug-likeness (QED) is 0.585. The first-order valence-electron chi connectivity index (χ1n) is 7.55. The van der Waals surface area contributed by atoms with Gasteiger partial charge in [-0.3, -0.25) is 4.79 Å². The van der Waals surface area contributed by atoms with Gasteiger partial charge in [0, 0.05) is 12.1 Å². The zero-order chi connectivity index (χ0) is 17.2. The lowest BCUT2D eigenvalue weighted by molar-refractivity contribution is 0.0665. The Kier molecular flexibility index (Phi) is 4.89. The molecule has 0 spiro atoms. The summed E-state index contributed by atoms with van der Waals surface area (Å²) >= 11 is 3.41. The van der Waals surface area contributed by atoms with Crippen molar-refractivity contribution in [1.82, 2.24) is 5.32 Å². The summed E-state index contributed by atoms with van der Waals surface area (Å²) in [5.41, 5.74) is 0.454. The van der Waals surface area contributed by atoms with Crippen LogP contribution in [0.1, 0.15) is 15.9 Å². The number of ether oxygens (including phenoxy) is 2.